The Labute approximate surface area is 66.6 Å². The van der Waals surface area contributed by atoms with E-state index in [1.165, 1.54) is 0 Å². The van der Waals surface area contributed by atoms with Gasteiger partial charge in [-0.15, -0.1) is 10.1 Å². The van der Waals surface area contributed by atoms with Crippen LogP contribution in [-0.2, 0) is 4.84 Å². The Bertz CT molecular complexity index is 85.9. The summed E-state index contributed by atoms with van der Waals surface area (Å²) in [6.07, 6.45) is 1.78. The van der Waals surface area contributed by atoms with E-state index < -0.39 is 5.09 Å². The number of rotatable bonds is 4. The second kappa shape index (κ2) is 11.9. The molecule has 0 unspecified atom stereocenters. The quantitative estimate of drug-likeness (QED) is 0.495. The first-order valence-corrected chi connectivity index (χ1v) is 3.66. The van der Waals surface area contributed by atoms with Crippen LogP contribution >= 0.6 is 0 Å². The van der Waals surface area contributed by atoms with Crippen LogP contribution in [-0.4, -0.2) is 18.2 Å². The number of nitrogens with two attached hydrogens (primary N) is 1. The standard InChI is InChI=1S/C3H7NO3.C3H9N/c1-2-3-7-4(5)6;1-2-3-4/h2-3H2,1H3;2-4H2,1H3. The van der Waals surface area contributed by atoms with Gasteiger partial charge in [0.2, 0.25) is 0 Å². The third-order valence-electron chi connectivity index (χ3n) is 0.689. The van der Waals surface area contributed by atoms with Crippen molar-refractivity contribution < 1.29 is 9.92 Å². The Balaban J connectivity index is 0. The van der Waals surface area contributed by atoms with E-state index in [-0.39, 0.29) is 6.61 Å². The van der Waals surface area contributed by atoms with E-state index in [1.807, 2.05) is 6.92 Å². The Kier molecular flexibility index (Phi) is 13.8. The molecule has 0 fully saturated rings. The third kappa shape index (κ3) is 27.1. The number of hydrogen-bond acceptors (Lipinski definition) is 4. The van der Waals surface area contributed by atoms with E-state index in [0.717, 1.165) is 13.0 Å². The molecule has 0 saturated heterocycles. The summed E-state index contributed by atoms with van der Waals surface area (Å²) in [4.78, 5) is 13.3. The van der Waals surface area contributed by atoms with Crippen LogP contribution in [0.1, 0.15) is 26.7 Å². The van der Waals surface area contributed by atoms with E-state index in [2.05, 4.69) is 11.8 Å². The molecular weight excluding hydrogens is 148 g/mol. The summed E-state index contributed by atoms with van der Waals surface area (Å²) in [6, 6.07) is 0. The third-order valence-corrected chi connectivity index (χ3v) is 0.689. The summed E-state index contributed by atoms with van der Waals surface area (Å²) in [5, 5.41) is 8.55. The van der Waals surface area contributed by atoms with Crippen molar-refractivity contribution in [1.29, 1.82) is 0 Å². The van der Waals surface area contributed by atoms with Crippen LogP contribution in [0, 0.1) is 10.1 Å². The monoisotopic (exact) mass is 164 g/mol. The molecule has 0 spiro atoms. The van der Waals surface area contributed by atoms with E-state index >= 15 is 0 Å². The minimum absolute atomic E-state index is 0.201. The largest absolute Gasteiger partial charge is 0.330 e. The second-order valence-electron chi connectivity index (χ2n) is 1.85. The molecule has 0 saturated carbocycles. The lowest BCUT2D eigenvalue weighted by Gasteiger charge is -1.88. The van der Waals surface area contributed by atoms with Crippen molar-refractivity contribution in [2.75, 3.05) is 13.2 Å². The summed E-state index contributed by atoms with van der Waals surface area (Å²) >= 11 is 0. The van der Waals surface area contributed by atoms with Gasteiger partial charge in [-0.25, -0.2) is 0 Å². The molecule has 0 rings (SSSR count). The highest BCUT2D eigenvalue weighted by atomic mass is 16.9. The van der Waals surface area contributed by atoms with E-state index in [0.29, 0.717) is 6.42 Å². The van der Waals surface area contributed by atoms with E-state index in [1.54, 1.807) is 0 Å². The first-order chi connectivity index (χ1) is 5.18. The highest BCUT2D eigenvalue weighted by Gasteiger charge is 1.87. The van der Waals surface area contributed by atoms with Crippen LogP contribution in [0.4, 0.5) is 0 Å². The van der Waals surface area contributed by atoms with Gasteiger partial charge >= 0.3 is 0 Å². The van der Waals surface area contributed by atoms with Gasteiger partial charge in [-0.1, -0.05) is 13.8 Å². The highest BCUT2D eigenvalue weighted by molar-refractivity contribution is 4.19. The zero-order valence-electron chi connectivity index (χ0n) is 7.08. The second-order valence-corrected chi connectivity index (χ2v) is 1.85. The molecule has 2 N–H and O–H groups in total. The van der Waals surface area contributed by atoms with Crippen molar-refractivity contribution in [3.05, 3.63) is 10.1 Å². The van der Waals surface area contributed by atoms with Crippen molar-refractivity contribution in [3.63, 3.8) is 0 Å². The zero-order valence-corrected chi connectivity index (χ0v) is 7.08. The van der Waals surface area contributed by atoms with Crippen LogP contribution in [0.25, 0.3) is 0 Å². The van der Waals surface area contributed by atoms with Crippen molar-refractivity contribution in [2.24, 2.45) is 5.73 Å². The minimum atomic E-state index is -0.788. The van der Waals surface area contributed by atoms with E-state index in [4.69, 9.17) is 5.73 Å². The maximum absolute atomic E-state index is 9.34. The van der Waals surface area contributed by atoms with Gasteiger partial charge in [0.25, 0.3) is 5.09 Å². The Morgan fingerprint density at radius 2 is 1.91 bits per heavy atom. The van der Waals surface area contributed by atoms with Crippen molar-refractivity contribution in [1.82, 2.24) is 0 Å². The van der Waals surface area contributed by atoms with Crippen LogP contribution in [0.3, 0.4) is 0 Å². The lowest BCUT2D eigenvalue weighted by molar-refractivity contribution is -0.757. The molecule has 0 aliphatic carbocycles. The molecule has 0 heterocycles. The number of nitrogens with zero attached hydrogens (tertiary/aromatic N) is 1. The zero-order chi connectivity index (χ0) is 9.11. The Hall–Kier alpha value is -0.840. The minimum Gasteiger partial charge on any atom is -0.330 e. The van der Waals surface area contributed by atoms with Gasteiger partial charge in [0.15, 0.2) is 0 Å². The highest BCUT2D eigenvalue weighted by Crippen LogP contribution is 1.77. The fourth-order valence-corrected chi connectivity index (χ4v) is 0.166. The van der Waals surface area contributed by atoms with Crippen LogP contribution in [0.5, 0.6) is 0 Å². The molecule has 11 heavy (non-hydrogen) atoms. The normalized spacial score (nSPS) is 7.91. The summed E-state index contributed by atoms with van der Waals surface area (Å²) < 4.78 is 0. The fraction of sp³-hybridized carbons (Fsp3) is 1.00. The molecule has 5 heteroatoms. The van der Waals surface area contributed by atoms with Crippen LogP contribution < -0.4 is 5.73 Å². The molecule has 0 bridgehead atoms. The Morgan fingerprint density at radius 3 is 2.00 bits per heavy atom. The average Bonchev–Trinajstić information content (AvgIpc) is 2.01. The summed E-state index contributed by atoms with van der Waals surface area (Å²) in [6.45, 7) is 4.89. The maximum atomic E-state index is 9.34. The van der Waals surface area contributed by atoms with Gasteiger partial charge in [0.1, 0.15) is 0 Å². The molecule has 0 aliphatic rings. The molecule has 0 aliphatic heterocycles. The average molecular weight is 164 g/mol. The fourth-order valence-electron chi connectivity index (χ4n) is 0.166. The molecule has 68 valence electrons. The molecule has 0 atom stereocenters. The summed E-state index contributed by atoms with van der Waals surface area (Å²) in [5.74, 6) is 0. The summed E-state index contributed by atoms with van der Waals surface area (Å²) in [7, 11) is 0. The first-order valence-electron chi connectivity index (χ1n) is 3.66. The molecule has 0 aromatic rings. The van der Waals surface area contributed by atoms with Gasteiger partial charge < -0.3 is 10.6 Å². The predicted molar refractivity (Wildman–Crippen MR) is 42.6 cm³/mol. The Morgan fingerprint density at radius 1 is 1.45 bits per heavy atom. The van der Waals surface area contributed by atoms with Crippen LogP contribution in [0.15, 0.2) is 0 Å². The topological polar surface area (TPSA) is 78.4 Å². The van der Waals surface area contributed by atoms with Gasteiger partial charge in [-0.2, -0.15) is 0 Å². The number of hydrogen-bond donors (Lipinski definition) is 1. The van der Waals surface area contributed by atoms with Crippen molar-refractivity contribution in [3.8, 4) is 0 Å². The van der Waals surface area contributed by atoms with Gasteiger partial charge in [-0.05, 0) is 19.4 Å². The predicted octanol–water partition coefficient (Wildman–Crippen LogP) is 0.960. The van der Waals surface area contributed by atoms with E-state index in [9.17, 15) is 10.1 Å². The smallest absolute Gasteiger partial charge is 0.294 e. The first kappa shape index (κ1) is 12.8. The van der Waals surface area contributed by atoms with Crippen molar-refractivity contribution in [2.45, 2.75) is 26.7 Å². The molecule has 0 radical (unpaired) electrons. The maximum Gasteiger partial charge on any atom is 0.294 e. The SMILES string of the molecule is CCCN.CCCO[N+](=O)[O-]. The summed E-state index contributed by atoms with van der Waals surface area (Å²) in [5.41, 5.74) is 5.03. The lowest BCUT2D eigenvalue weighted by atomic mass is 10.5. The van der Waals surface area contributed by atoms with Crippen LogP contribution in [0.2, 0.25) is 0 Å². The van der Waals surface area contributed by atoms with Gasteiger partial charge in [0, 0.05) is 0 Å². The molecule has 0 amide bonds. The molecule has 0 aromatic carbocycles. The molecule has 0 aromatic heterocycles. The van der Waals surface area contributed by atoms with Gasteiger partial charge in [-0.3, -0.25) is 0 Å². The lowest BCUT2D eigenvalue weighted by Crippen LogP contribution is -1.99. The van der Waals surface area contributed by atoms with Crippen molar-refractivity contribution >= 4 is 0 Å². The molecule has 5 nitrogen and oxygen atoms in total. The molecular formula is C6H16N2O3. The van der Waals surface area contributed by atoms with Gasteiger partial charge in [0.05, 0.1) is 6.61 Å².